The molecule has 22 heavy (non-hydrogen) atoms. The molecule has 0 saturated carbocycles. The third kappa shape index (κ3) is 2.51. The van der Waals surface area contributed by atoms with Crippen LogP contribution < -0.4 is 0 Å². The van der Waals surface area contributed by atoms with Crippen molar-refractivity contribution in [1.29, 1.82) is 0 Å². The van der Waals surface area contributed by atoms with E-state index in [9.17, 15) is 18.0 Å². The first-order chi connectivity index (χ1) is 10.4. The Hall–Kier alpha value is -1.51. The molecule has 1 aliphatic rings. The number of sulfonamides is 1. The summed E-state index contributed by atoms with van der Waals surface area (Å²) >= 11 is 4.55. The Morgan fingerprint density at radius 3 is 2.55 bits per heavy atom. The zero-order valence-corrected chi connectivity index (χ0v) is 14.4. The van der Waals surface area contributed by atoms with E-state index < -0.39 is 15.9 Å². The van der Waals surface area contributed by atoms with E-state index >= 15 is 0 Å². The molecule has 1 amide bonds. The molecule has 1 aliphatic heterocycles. The number of carbonyl (C=O) groups is 2. The lowest BCUT2D eigenvalue weighted by molar-refractivity contribution is 0.0860. The predicted octanol–water partition coefficient (Wildman–Crippen LogP) is 2.93. The van der Waals surface area contributed by atoms with Gasteiger partial charge in [-0.15, -0.1) is 11.3 Å². The van der Waals surface area contributed by atoms with Crippen molar-refractivity contribution < 1.29 is 18.0 Å². The first kappa shape index (κ1) is 15.4. The van der Waals surface area contributed by atoms with E-state index in [0.717, 1.165) is 8.09 Å². The topological polar surface area (TPSA) is 71.5 Å². The molecule has 8 heteroatoms. The van der Waals surface area contributed by atoms with E-state index in [1.807, 2.05) is 0 Å². The number of nitrogens with zero attached hydrogens (tertiary/aromatic N) is 1. The van der Waals surface area contributed by atoms with Crippen LogP contribution in [0, 0.1) is 0 Å². The van der Waals surface area contributed by atoms with Crippen LogP contribution in [0.4, 0.5) is 0 Å². The van der Waals surface area contributed by atoms with Crippen LogP contribution in [0.3, 0.4) is 0 Å². The number of rotatable bonds is 4. The molecular formula is C14H10BrNO4S2. The number of hydrogen-bond acceptors (Lipinski definition) is 5. The molecule has 1 aromatic heterocycles. The van der Waals surface area contributed by atoms with E-state index in [0.29, 0.717) is 4.88 Å². The highest BCUT2D eigenvalue weighted by Crippen LogP contribution is 2.30. The van der Waals surface area contributed by atoms with Crippen molar-refractivity contribution in [3.63, 3.8) is 0 Å². The molecule has 0 N–H and O–H groups in total. The molecule has 3 rings (SSSR count). The molecule has 2 heterocycles. The second-order valence-corrected chi connectivity index (χ2v) is 8.95. The van der Waals surface area contributed by atoms with Gasteiger partial charge in [-0.1, -0.05) is 12.1 Å². The number of carbonyl (C=O) groups excluding carboxylic acids is 2. The summed E-state index contributed by atoms with van der Waals surface area (Å²) in [4.78, 5) is 24.8. The lowest BCUT2D eigenvalue weighted by Gasteiger charge is -2.14. The molecule has 0 unspecified atom stereocenters. The molecular weight excluding hydrogens is 390 g/mol. The lowest BCUT2D eigenvalue weighted by Crippen LogP contribution is -2.32. The number of hydrogen-bond donors (Lipinski definition) is 0. The average molecular weight is 400 g/mol. The fourth-order valence-corrected chi connectivity index (χ4v) is 5.17. The van der Waals surface area contributed by atoms with Gasteiger partial charge in [-0.2, -0.15) is 0 Å². The molecule has 2 aromatic rings. The van der Waals surface area contributed by atoms with Crippen molar-refractivity contribution in [2.75, 3.05) is 6.54 Å². The van der Waals surface area contributed by atoms with Crippen LogP contribution in [-0.4, -0.2) is 31.0 Å². The number of halogens is 1. The predicted molar refractivity (Wildman–Crippen MR) is 85.6 cm³/mol. The maximum absolute atomic E-state index is 12.3. The molecule has 0 radical (unpaired) electrons. The van der Waals surface area contributed by atoms with Crippen molar-refractivity contribution in [1.82, 2.24) is 4.31 Å². The number of ketones is 1. The fraction of sp³-hybridized carbons (Fsp3) is 0.143. The van der Waals surface area contributed by atoms with E-state index in [2.05, 4.69) is 15.9 Å². The van der Waals surface area contributed by atoms with Gasteiger partial charge in [0.1, 0.15) is 4.90 Å². The van der Waals surface area contributed by atoms with Crippen LogP contribution in [0.25, 0.3) is 0 Å². The highest BCUT2D eigenvalue weighted by atomic mass is 79.9. The summed E-state index contributed by atoms with van der Waals surface area (Å²) < 4.78 is 26.3. The van der Waals surface area contributed by atoms with Gasteiger partial charge in [0.2, 0.25) is 0 Å². The molecule has 0 bridgehead atoms. The van der Waals surface area contributed by atoms with Gasteiger partial charge in [0.25, 0.3) is 15.9 Å². The standard InChI is InChI=1S/C14H10BrNO4S2/c15-13-6-5-11(21-13)10(17)7-8-16-14(18)9-3-1-2-4-12(9)22(16,19)20/h1-6H,7-8H2. The highest BCUT2D eigenvalue weighted by molar-refractivity contribution is 9.11. The lowest BCUT2D eigenvalue weighted by atomic mass is 10.2. The SMILES string of the molecule is O=C(CCN1C(=O)c2ccccc2S1(=O)=O)c1ccc(Br)s1. The Bertz CT molecular complexity index is 872. The molecule has 1 aromatic carbocycles. The highest BCUT2D eigenvalue weighted by Gasteiger charge is 2.40. The van der Waals surface area contributed by atoms with Crippen LogP contribution in [0.15, 0.2) is 45.1 Å². The van der Waals surface area contributed by atoms with Gasteiger partial charge < -0.3 is 0 Å². The first-order valence-corrected chi connectivity index (χ1v) is 9.41. The van der Waals surface area contributed by atoms with Crippen molar-refractivity contribution in [3.05, 3.63) is 50.6 Å². The number of benzene rings is 1. The molecule has 0 saturated heterocycles. The number of Topliss-reactive ketones (excluding diaryl/α,β-unsaturated/α-hetero) is 1. The summed E-state index contributed by atoms with van der Waals surface area (Å²) in [5.74, 6) is -0.759. The number of fused-ring (bicyclic) bond motifs is 1. The minimum absolute atomic E-state index is 0.00585. The Morgan fingerprint density at radius 2 is 1.91 bits per heavy atom. The summed E-state index contributed by atoms with van der Waals surface area (Å²) in [6, 6.07) is 9.50. The molecule has 0 aliphatic carbocycles. The maximum atomic E-state index is 12.3. The van der Waals surface area contributed by atoms with E-state index in [-0.39, 0.29) is 29.2 Å². The second-order valence-electron chi connectivity index (χ2n) is 4.66. The van der Waals surface area contributed by atoms with Gasteiger partial charge in [0, 0.05) is 13.0 Å². The van der Waals surface area contributed by atoms with Crippen LogP contribution in [0.2, 0.25) is 0 Å². The third-order valence-electron chi connectivity index (χ3n) is 3.30. The summed E-state index contributed by atoms with van der Waals surface area (Å²) in [5.41, 5.74) is 0.161. The third-order valence-corrected chi connectivity index (χ3v) is 6.81. The zero-order chi connectivity index (χ0) is 15.9. The molecule has 0 atom stereocenters. The average Bonchev–Trinajstić information content (AvgIpc) is 3.00. The number of thiophene rings is 1. The van der Waals surface area contributed by atoms with Crippen LogP contribution in [0.1, 0.15) is 26.5 Å². The van der Waals surface area contributed by atoms with Gasteiger partial charge in [0.05, 0.1) is 14.2 Å². The fourth-order valence-electron chi connectivity index (χ4n) is 2.24. The van der Waals surface area contributed by atoms with Crippen molar-refractivity contribution in [3.8, 4) is 0 Å². The Morgan fingerprint density at radius 1 is 1.18 bits per heavy atom. The largest absolute Gasteiger partial charge is 0.293 e. The van der Waals surface area contributed by atoms with Crippen LogP contribution >= 0.6 is 27.3 Å². The Labute approximate surface area is 139 Å². The molecule has 5 nitrogen and oxygen atoms in total. The minimum Gasteiger partial charge on any atom is -0.293 e. The Balaban J connectivity index is 1.80. The van der Waals surface area contributed by atoms with Gasteiger partial charge in [-0.25, -0.2) is 12.7 Å². The zero-order valence-electron chi connectivity index (χ0n) is 11.2. The van der Waals surface area contributed by atoms with Crippen molar-refractivity contribution in [2.45, 2.75) is 11.3 Å². The summed E-state index contributed by atoms with van der Waals surface area (Å²) in [6.07, 6.45) is -0.0358. The quantitative estimate of drug-likeness (QED) is 0.740. The summed E-state index contributed by atoms with van der Waals surface area (Å²) in [6.45, 7) is -0.149. The molecule has 0 spiro atoms. The molecule has 0 fully saturated rings. The summed E-state index contributed by atoms with van der Waals surface area (Å²) in [7, 11) is -3.84. The van der Waals surface area contributed by atoms with Crippen molar-refractivity contribution >= 4 is 49.0 Å². The van der Waals surface area contributed by atoms with Gasteiger partial charge >= 0.3 is 0 Å². The first-order valence-electron chi connectivity index (χ1n) is 6.36. The second kappa shape index (κ2) is 5.60. The van der Waals surface area contributed by atoms with Gasteiger partial charge in [-0.05, 0) is 40.2 Å². The normalized spacial score (nSPS) is 15.9. The van der Waals surface area contributed by atoms with E-state index in [1.54, 1.807) is 24.3 Å². The monoisotopic (exact) mass is 399 g/mol. The van der Waals surface area contributed by atoms with Crippen LogP contribution in [-0.2, 0) is 10.0 Å². The number of amides is 1. The smallest absolute Gasteiger partial charge is 0.269 e. The van der Waals surface area contributed by atoms with E-state index in [1.165, 1.54) is 23.5 Å². The van der Waals surface area contributed by atoms with E-state index in [4.69, 9.17) is 0 Å². The summed E-state index contributed by atoms with van der Waals surface area (Å²) in [5, 5.41) is 0. The molecule has 114 valence electrons. The van der Waals surface area contributed by atoms with Gasteiger partial charge in [-0.3, -0.25) is 9.59 Å². The Kier molecular flexibility index (Phi) is 3.92. The minimum atomic E-state index is -3.84. The van der Waals surface area contributed by atoms with Crippen LogP contribution in [0.5, 0.6) is 0 Å². The van der Waals surface area contributed by atoms with Gasteiger partial charge in [0.15, 0.2) is 5.78 Å². The van der Waals surface area contributed by atoms with Crippen molar-refractivity contribution in [2.24, 2.45) is 0 Å². The maximum Gasteiger partial charge on any atom is 0.269 e.